The van der Waals surface area contributed by atoms with Crippen molar-refractivity contribution in [3.63, 3.8) is 0 Å². The average Bonchev–Trinajstić information content (AvgIpc) is 1.85. The Morgan fingerprint density at radius 2 is 2.09 bits per heavy atom. The molecule has 2 N–H and O–H groups in total. The molecule has 0 saturated carbocycles. The van der Waals surface area contributed by atoms with Crippen LogP contribution in [0.2, 0.25) is 0 Å². The molecule has 0 fully saturated rings. The van der Waals surface area contributed by atoms with Gasteiger partial charge in [0.1, 0.15) is 0 Å². The van der Waals surface area contributed by atoms with Crippen LogP contribution in [-0.2, 0) is 4.74 Å². The molecule has 11 heavy (non-hydrogen) atoms. The zero-order chi connectivity index (χ0) is 8.91. The molecule has 3 heteroatoms. The molecule has 0 aromatic heterocycles. The fraction of sp³-hybridized carbons (Fsp3) is 0.750. The van der Waals surface area contributed by atoms with E-state index < -0.39 is 5.60 Å². The van der Waals surface area contributed by atoms with Crippen molar-refractivity contribution >= 4 is 0 Å². The Balaban J connectivity index is 3.43. The minimum absolute atomic E-state index is 0.276. The lowest BCUT2D eigenvalue weighted by Gasteiger charge is -2.16. The van der Waals surface area contributed by atoms with Crippen LogP contribution in [0.3, 0.4) is 0 Å². The van der Waals surface area contributed by atoms with E-state index in [2.05, 4.69) is 0 Å². The predicted octanol–water partition coefficient (Wildman–Crippen LogP) is 1.24. The molecule has 0 aromatic carbocycles. The number of aliphatic hydroxyl groups is 2. The first-order valence-corrected chi connectivity index (χ1v) is 3.55. The topological polar surface area (TPSA) is 49.7 Å². The Morgan fingerprint density at radius 3 is 2.45 bits per heavy atom. The lowest BCUT2D eigenvalue weighted by atomic mass is 10.2. The van der Waals surface area contributed by atoms with Gasteiger partial charge in [-0.2, -0.15) is 0 Å². The van der Waals surface area contributed by atoms with Gasteiger partial charge in [-0.05, 0) is 26.3 Å². The van der Waals surface area contributed by atoms with Gasteiger partial charge in [0.05, 0.1) is 25.1 Å². The van der Waals surface area contributed by atoms with Crippen LogP contribution in [0.15, 0.2) is 11.8 Å². The maximum Gasteiger partial charge on any atom is 0.0824 e. The van der Waals surface area contributed by atoms with E-state index in [1.807, 2.05) is 0 Å². The summed E-state index contributed by atoms with van der Waals surface area (Å²) in [5.41, 5.74) is -0.0512. The normalized spacial score (nSPS) is 13.6. The molecule has 3 nitrogen and oxygen atoms in total. The third-order valence-electron chi connectivity index (χ3n) is 1.01. The minimum atomic E-state index is -0.796. The fourth-order valence-corrected chi connectivity index (χ4v) is 0.499. The molecular formula is C8H16O3. The van der Waals surface area contributed by atoms with Crippen LogP contribution in [0, 0.1) is 0 Å². The Hall–Kier alpha value is -0.540. The van der Waals surface area contributed by atoms with Crippen molar-refractivity contribution in [1.29, 1.82) is 0 Å². The van der Waals surface area contributed by atoms with Crippen LogP contribution in [-0.4, -0.2) is 29.0 Å². The first-order chi connectivity index (χ1) is 4.95. The molecule has 0 aliphatic carbocycles. The molecule has 0 aromatic rings. The highest BCUT2D eigenvalue weighted by Crippen LogP contribution is 2.02. The Kier molecular flexibility index (Phi) is 4.15. The van der Waals surface area contributed by atoms with Crippen molar-refractivity contribution in [1.82, 2.24) is 0 Å². The summed E-state index contributed by atoms with van der Waals surface area (Å²) in [7, 11) is 0. The number of ether oxygens (including phenoxy) is 1. The van der Waals surface area contributed by atoms with Crippen molar-refractivity contribution in [2.75, 3.05) is 13.2 Å². The SMILES string of the molecule is CC(=CO)COCC(C)(C)O. The van der Waals surface area contributed by atoms with Gasteiger partial charge in [-0.15, -0.1) is 0 Å². The van der Waals surface area contributed by atoms with Crippen molar-refractivity contribution in [3.05, 3.63) is 11.8 Å². The third kappa shape index (κ3) is 7.36. The predicted molar refractivity (Wildman–Crippen MR) is 43.5 cm³/mol. The number of hydrogen-bond donors (Lipinski definition) is 2. The molecule has 0 bridgehead atoms. The summed E-state index contributed by atoms with van der Waals surface area (Å²) in [5.74, 6) is 0. The molecule has 0 saturated heterocycles. The smallest absolute Gasteiger partial charge is 0.0824 e. The number of hydrogen-bond acceptors (Lipinski definition) is 3. The van der Waals surface area contributed by atoms with Crippen molar-refractivity contribution < 1.29 is 14.9 Å². The van der Waals surface area contributed by atoms with Gasteiger partial charge in [-0.3, -0.25) is 0 Å². The zero-order valence-corrected chi connectivity index (χ0v) is 7.29. The molecule has 0 aliphatic rings. The van der Waals surface area contributed by atoms with Gasteiger partial charge in [-0.25, -0.2) is 0 Å². The molecule has 0 rings (SSSR count). The van der Waals surface area contributed by atoms with Crippen LogP contribution in [0.1, 0.15) is 20.8 Å². The Morgan fingerprint density at radius 1 is 1.55 bits per heavy atom. The highest BCUT2D eigenvalue weighted by Gasteiger charge is 2.11. The molecule has 0 aliphatic heterocycles. The molecule has 0 unspecified atom stereocenters. The first kappa shape index (κ1) is 10.5. The van der Waals surface area contributed by atoms with Crippen molar-refractivity contribution in [2.24, 2.45) is 0 Å². The summed E-state index contributed by atoms with van der Waals surface area (Å²) in [6.45, 7) is 5.74. The zero-order valence-electron chi connectivity index (χ0n) is 7.29. The highest BCUT2D eigenvalue weighted by atomic mass is 16.5. The fourth-order valence-electron chi connectivity index (χ4n) is 0.499. The van der Waals surface area contributed by atoms with Gasteiger partial charge in [0, 0.05) is 0 Å². The summed E-state index contributed by atoms with van der Waals surface area (Å²) in [6.07, 6.45) is 1.00. The Bertz CT molecular complexity index is 133. The highest BCUT2D eigenvalue weighted by molar-refractivity contribution is 4.91. The average molecular weight is 160 g/mol. The standard InChI is InChI=1S/C8H16O3/c1-7(4-9)5-11-6-8(2,3)10/h4,9-10H,5-6H2,1-3H3. The minimum Gasteiger partial charge on any atom is -0.516 e. The van der Waals surface area contributed by atoms with E-state index in [9.17, 15) is 5.11 Å². The van der Waals surface area contributed by atoms with Gasteiger partial charge < -0.3 is 14.9 Å². The molecule has 0 atom stereocenters. The van der Waals surface area contributed by atoms with E-state index in [4.69, 9.17) is 9.84 Å². The van der Waals surface area contributed by atoms with E-state index in [1.165, 1.54) is 0 Å². The summed E-state index contributed by atoms with van der Waals surface area (Å²) in [5, 5.41) is 17.7. The lowest BCUT2D eigenvalue weighted by molar-refractivity contribution is -0.0144. The van der Waals surface area contributed by atoms with Crippen molar-refractivity contribution in [2.45, 2.75) is 26.4 Å². The van der Waals surface area contributed by atoms with E-state index in [-0.39, 0.29) is 6.61 Å². The maximum absolute atomic E-state index is 9.20. The van der Waals surface area contributed by atoms with Crippen LogP contribution in [0.25, 0.3) is 0 Å². The molecule has 0 heterocycles. The second-order valence-corrected chi connectivity index (χ2v) is 3.28. The van der Waals surface area contributed by atoms with Gasteiger partial charge in [0.25, 0.3) is 0 Å². The monoisotopic (exact) mass is 160 g/mol. The van der Waals surface area contributed by atoms with Crippen LogP contribution in [0.4, 0.5) is 0 Å². The van der Waals surface area contributed by atoms with E-state index in [0.29, 0.717) is 6.61 Å². The largest absolute Gasteiger partial charge is 0.516 e. The number of aliphatic hydroxyl groups excluding tert-OH is 1. The van der Waals surface area contributed by atoms with Crippen molar-refractivity contribution in [3.8, 4) is 0 Å². The molecule has 0 amide bonds. The number of rotatable bonds is 4. The maximum atomic E-state index is 9.20. The molecular weight excluding hydrogens is 144 g/mol. The van der Waals surface area contributed by atoms with Crippen LogP contribution < -0.4 is 0 Å². The molecule has 66 valence electrons. The first-order valence-electron chi connectivity index (χ1n) is 3.55. The molecule has 0 radical (unpaired) electrons. The third-order valence-corrected chi connectivity index (χ3v) is 1.01. The summed E-state index contributed by atoms with van der Waals surface area (Å²) in [6, 6.07) is 0. The van der Waals surface area contributed by atoms with E-state index >= 15 is 0 Å². The quantitative estimate of drug-likeness (QED) is 0.608. The van der Waals surface area contributed by atoms with Gasteiger partial charge >= 0.3 is 0 Å². The Labute approximate surface area is 67.3 Å². The van der Waals surface area contributed by atoms with E-state index in [1.54, 1.807) is 20.8 Å². The summed E-state index contributed by atoms with van der Waals surface area (Å²) >= 11 is 0. The summed E-state index contributed by atoms with van der Waals surface area (Å²) < 4.78 is 5.07. The molecule has 0 spiro atoms. The van der Waals surface area contributed by atoms with Crippen LogP contribution >= 0.6 is 0 Å². The second-order valence-electron chi connectivity index (χ2n) is 3.28. The lowest BCUT2D eigenvalue weighted by Crippen LogP contribution is -2.26. The van der Waals surface area contributed by atoms with Crippen LogP contribution in [0.5, 0.6) is 0 Å². The van der Waals surface area contributed by atoms with Gasteiger partial charge in [0.2, 0.25) is 0 Å². The second kappa shape index (κ2) is 4.36. The van der Waals surface area contributed by atoms with Gasteiger partial charge in [-0.1, -0.05) is 0 Å². The summed E-state index contributed by atoms with van der Waals surface area (Å²) in [4.78, 5) is 0. The van der Waals surface area contributed by atoms with Gasteiger partial charge in [0.15, 0.2) is 0 Å². The van der Waals surface area contributed by atoms with E-state index in [0.717, 1.165) is 11.8 Å².